The number of benzene rings is 1. The first-order valence-electron chi connectivity index (χ1n) is 13.1. The predicted octanol–water partition coefficient (Wildman–Crippen LogP) is 2.52. The van der Waals surface area contributed by atoms with Gasteiger partial charge in [-0.05, 0) is 51.7 Å². The fraction of sp³-hybridized carbons (Fsp3) is 0.571. The molecule has 0 bridgehead atoms. The summed E-state index contributed by atoms with van der Waals surface area (Å²) in [5, 5.41) is 15.1. The Kier molecular flexibility index (Phi) is 10.8. The van der Waals surface area contributed by atoms with Gasteiger partial charge in [-0.15, -0.1) is 0 Å². The number of cyclic esters (lactones) is 3. The lowest BCUT2D eigenvalue weighted by atomic mass is 9.82. The number of anilines is 1. The molecule has 12 heteroatoms. The van der Waals surface area contributed by atoms with Crippen LogP contribution >= 0.6 is 0 Å². The zero-order chi connectivity index (χ0) is 30.4. The van der Waals surface area contributed by atoms with E-state index in [1.165, 1.54) is 39.0 Å². The molecule has 0 radical (unpaired) electrons. The number of aromatic hydroxyl groups is 1. The first-order chi connectivity index (χ1) is 18.6. The van der Waals surface area contributed by atoms with E-state index in [2.05, 4.69) is 10.6 Å². The molecule has 1 aliphatic heterocycles. The van der Waals surface area contributed by atoms with Crippen LogP contribution in [0.1, 0.15) is 71.7 Å². The maximum Gasteiger partial charge on any atom is 0.348 e. The number of hydrogen-bond acceptors (Lipinski definition) is 10. The Balaban J connectivity index is 2.54. The number of nitrogens with one attached hydrogen (secondary N) is 2. The minimum absolute atomic E-state index is 0.0563. The Morgan fingerprint density at radius 1 is 1.07 bits per heavy atom. The molecule has 1 heterocycles. The fourth-order valence-electron chi connectivity index (χ4n) is 4.03. The molecule has 0 aliphatic carbocycles. The number of carbonyl (C=O) groups excluding carboxylic acids is 6. The summed E-state index contributed by atoms with van der Waals surface area (Å²) in [7, 11) is 0. The Bertz CT molecular complexity index is 1150. The third-order valence-corrected chi connectivity index (χ3v) is 6.80. The van der Waals surface area contributed by atoms with Crippen LogP contribution in [0.4, 0.5) is 5.69 Å². The van der Waals surface area contributed by atoms with Crippen LogP contribution in [0.15, 0.2) is 18.2 Å². The topological polar surface area (TPSA) is 174 Å². The highest BCUT2D eigenvalue weighted by Gasteiger charge is 2.47. The van der Waals surface area contributed by atoms with Crippen molar-refractivity contribution in [2.75, 3.05) is 5.32 Å². The Labute approximate surface area is 233 Å². The molecule has 2 rings (SSSR count). The standard InChI is InChI=1S/C28H38N2O10/c1-8-15(4)22-26(36)39-19(12-14(2)3)23(33)28(6,7)27(37)38-16(5)20(25(35)40-22)30-24(34)17-10-9-11-18(21(17)32)29-13-31/h9-11,13-16,19-20,22,32H,8,12H2,1-7H3,(H,29,31)(H,30,34)/t15-,16+,19+,20-,22+/m0/s1. The third kappa shape index (κ3) is 7.36. The van der Waals surface area contributed by atoms with Gasteiger partial charge in [0.2, 0.25) is 12.5 Å². The number of para-hydroxylation sites is 1. The lowest BCUT2D eigenvalue weighted by Gasteiger charge is -2.33. The van der Waals surface area contributed by atoms with Gasteiger partial charge in [0.1, 0.15) is 11.5 Å². The molecule has 1 saturated heterocycles. The van der Waals surface area contributed by atoms with Crippen molar-refractivity contribution < 1.29 is 48.1 Å². The molecule has 1 aromatic carbocycles. The van der Waals surface area contributed by atoms with Gasteiger partial charge < -0.3 is 30.0 Å². The van der Waals surface area contributed by atoms with E-state index < -0.39 is 71.0 Å². The number of carbonyl (C=O) groups is 6. The van der Waals surface area contributed by atoms with Gasteiger partial charge in [-0.2, -0.15) is 0 Å². The smallest absolute Gasteiger partial charge is 0.348 e. The number of hydrogen-bond donors (Lipinski definition) is 3. The summed E-state index contributed by atoms with van der Waals surface area (Å²) >= 11 is 0. The fourth-order valence-corrected chi connectivity index (χ4v) is 4.03. The van der Waals surface area contributed by atoms with E-state index in [1.807, 2.05) is 13.8 Å². The summed E-state index contributed by atoms with van der Waals surface area (Å²) in [6.07, 6.45) is -3.19. The average molecular weight is 563 g/mol. The summed E-state index contributed by atoms with van der Waals surface area (Å²) < 4.78 is 16.6. The average Bonchev–Trinajstić information content (AvgIpc) is 2.88. The van der Waals surface area contributed by atoms with E-state index in [4.69, 9.17) is 14.2 Å². The van der Waals surface area contributed by atoms with Crippen molar-refractivity contribution in [1.82, 2.24) is 5.32 Å². The van der Waals surface area contributed by atoms with Gasteiger partial charge in [0, 0.05) is 5.92 Å². The van der Waals surface area contributed by atoms with Gasteiger partial charge in [-0.25, -0.2) is 9.59 Å². The molecule has 0 unspecified atom stereocenters. The largest absolute Gasteiger partial charge is 0.505 e. The molecule has 12 nitrogen and oxygen atoms in total. The second kappa shape index (κ2) is 13.4. The minimum atomic E-state index is -1.76. The van der Waals surface area contributed by atoms with Crippen LogP contribution in [-0.2, 0) is 38.2 Å². The molecule has 1 fully saturated rings. The van der Waals surface area contributed by atoms with Crippen molar-refractivity contribution in [2.24, 2.45) is 17.3 Å². The number of ether oxygens (including phenoxy) is 3. The summed E-state index contributed by atoms with van der Waals surface area (Å²) in [5.41, 5.74) is -2.11. The van der Waals surface area contributed by atoms with Gasteiger partial charge in [0.25, 0.3) is 5.91 Å². The Morgan fingerprint density at radius 2 is 1.73 bits per heavy atom. The number of ketones is 1. The second-order valence-electron chi connectivity index (χ2n) is 10.8. The normalized spacial score (nSPS) is 24.5. The van der Waals surface area contributed by atoms with Crippen LogP contribution in [0.3, 0.4) is 0 Å². The maximum absolute atomic E-state index is 13.4. The van der Waals surface area contributed by atoms with E-state index in [0.29, 0.717) is 12.8 Å². The number of phenols is 1. The van der Waals surface area contributed by atoms with Crippen molar-refractivity contribution in [3.8, 4) is 5.75 Å². The maximum atomic E-state index is 13.4. The van der Waals surface area contributed by atoms with Crippen LogP contribution < -0.4 is 10.6 Å². The lowest BCUT2D eigenvalue weighted by Crippen LogP contribution is -2.54. The molecule has 0 aromatic heterocycles. The van der Waals surface area contributed by atoms with E-state index in [-0.39, 0.29) is 23.6 Å². The molecule has 1 aliphatic rings. The van der Waals surface area contributed by atoms with Crippen molar-refractivity contribution in [2.45, 2.75) is 85.7 Å². The molecular formula is C28H38N2O10. The first-order valence-corrected chi connectivity index (χ1v) is 13.1. The van der Waals surface area contributed by atoms with E-state index in [9.17, 15) is 33.9 Å². The van der Waals surface area contributed by atoms with Crippen molar-refractivity contribution in [3.63, 3.8) is 0 Å². The van der Waals surface area contributed by atoms with Crippen molar-refractivity contribution in [3.05, 3.63) is 23.8 Å². The summed E-state index contributed by atoms with van der Waals surface area (Å²) in [6.45, 7) is 11.1. The summed E-state index contributed by atoms with van der Waals surface area (Å²) in [6, 6.07) is 2.34. The van der Waals surface area contributed by atoms with E-state index in [1.54, 1.807) is 13.8 Å². The molecule has 0 saturated carbocycles. The molecule has 1 aromatic rings. The summed E-state index contributed by atoms with van der Waals surface area (Å²) in [4.78, 5) is 77.2. The van der Waals surface area contributed by atoms with E-state index in [0.717, 1.165) is 0 Å². The van der Waals surface area contributed by atoms with Crippen LogP contribution in [-0.4, -0.2) is 65.5 Å². The Morgan fingerprint density at radius 3 is 2.30 bits per heavy atom. The monoisotopic (exact) mass is 562 g/mol. The molecule has 0 spiro atoms. The number of amides is 2. The highest BCUT2D eigenvalue weighted by atomic mass is 16.6. The third-order valence-electron chi connectivity index (χ3n) is 6.80. The molecule has 2 amide bonds. The second-order valence-corrected chi connectivity index (χ2v) is 10.8. The molecule has 3 N–H and O–H groups in total. The lowest BCUT2D eigenvalue weighted by molar-refractivity contribution is -0.186. The van der Waals surface area contributed by atoms with Crippen molar-refractivity contribution in [1.29, 1.82) is 0 Å². The quantitative estimate of drug-likeness (QED) is 0.140. The Hall–Kier alpha value is -3.96. The van der Waals surface area contributed by atoms with Gasteiger partial charge in [-0.1, -0.05) is 33.8 Å². The van der Waals surface area contributed by atoms with Crippen molar-refractivity contribution >= 4 is 41.7 Å². The predicted molar refractivity (Wildman–Crippen MR) is 142 cm³/mol. The van der Waals surface area contributed by atoms with E-state index >= 15 is 0 Å². The first kappa shape index (κ1) is 32.3. The SMILES string of the molecule is CC[C@H](C)[C@H]1OC(=O)[C@@H](NC(=O)c2cccc(NC=O)c2O)[C@@H](C)OC(=O)C(C)(C)C(=O)[C@@H](CC(C)C)OC1=O. The highest BCUT2D eigenvalue weighted by molar-refractivity contribution is 6.06. The number of esters is 3. The molecule has 5 atom stereocenters. The van der Waals surface area contributed by atoms with Crippen LogP contribution in [0.2, 0.25) is 0 Å². The van der Waals surface area contributed by atoms with Crippen LogP contribution in [0, 0.1) is 17.3 Å². The zero-order valence-corrected chi connectivity index (χ0v) is 23.8. The van der Waals surface area contributed by atoms with Crippen LogP contribution in [0.25, 0.3) is 0 Å². The van der Waals surface area contributed by atoms with Gasteiger partial charge in [0.15, 0.2) is 23.7 Å². The van der Waals surface area contributed by atoms with Gasteiger partial charge in [0.05, 0.1) is 11.3 Å². The number of Topliss-reactive ketones (excluding diaryl/α,β-unsaturated/α-hetero) is 1. The van der Waals surface area contributed by atoms with Gasteiger partial charge in [-0.3, -0.25) is 19.2 Å². The number of rotatable bonds is 8. The van der Waals surface area contributed by atoms with Crippen LogP contribution in [0.5, 0.6) is 5.75 Å². The number of phenolic OH excluding ortho intramolecular Hbond substituents is 1. The highest BCUT2D eigenvalue weighted by Crippen LogP contribution is 2.29. The summed E-state index contributed by atoms with van der Waals surface area (Å²) in [5.74, 6) is -5.83. The minimum Gasteiger partial charge on any atom is -0.505 e. The zero-order valence-electron chi connectivity index (χ0n) is 23.8. The van der Waals surface area contributed by atoms with Gasteiger partial charge >= 0.3 is 17.9 Å². The molecular weight excluding hydrogens is 524 g/mol. The molecule has 220 valence electrons. The molecule has 40 heavy (non-hydrogen) atoms.